The fourth-order valence-electron chi connectivity index (χ4n) is 3.16. The molecule has 1 aliphatic rings. The lowest BCUT2D eigenvalue weighted by molar-refractivity contribution is 0.0676. The summed E-state index contributed by atoms with van der Waals surface area (Å²) < 4.78 is 11.1. The minimum atomic E-state index is 0.279. The van der Waals surface area contributed by atoms with Crippen molar-refractivity contribution in [2.45, 2.75) is 32.0 Å². The van der Waals surface area contributed by atoms with Crippen molar-refractivity contribution in [3.8, 4) is 11.5 Å². The van der Waals surface area contributed by atoms with Crippen molar-refractivity contribution in [2.24, 2.45) is 0 Å². The maximum absolute atomic E-state index is 10.2. The molecule has 1 N–H and O–H groups in total. The molecule has 3 rings (SSSR count). The number of phenols is 1. The molecule has 0 saturated carbocycles. The molecule has 1 aliphatic heterocycles. The van der Waals surface area contributed by atoms with Crippen LogP contribution >= 0.6 is 0 Å². The van der Waals surface area contributed by atoms with Crippen molar-refractivity contribution < 1.29 is 14.6 Å². The van der Waals surface area contributed by atoms with Crippen LogP contribution in [0.2, 0.25) is 0 Å². The van der Waals surface area contributed by atoms with Gasteiger partial charge in [-0.3, -0.25) is 4.90 Å². The van der Waals surface area contributed by atoms with Crippen molar-refractivity contribution >= 4 is 0 Å². The van der Waals surface area contributed by atoms with E-state index in [0.29, 0.717) is 12.3 Å². The fourth-order valence-corrected chi connectivity index (χ4v) is 3.16. The van der Waals surface area contributed by atoms with Gasteiger partial charge in [0, 0.05) is 31.8 Å². The van der Waals surface area contributed by atoms with Crippen molar-refractivity contribution in [2.75, 3.05) is 20.3 Å². The van der Waals surface area contributed by atoms with Crippen LogP contribution in [0.1, 0.15) is 24.0 Å². The SMILES string of the molecule is COc1ccc(O)c(CN(Cc2ccccc2)C[C@@H]2CCCO2)c1. The van der Waals surface area contributed by atoms with Crippen molar-refractivity contribution in [1.29, 1.82) is 0 Å². The van der Waals surface area contributed by atoms with Crippen molar-refractivity contribution in [1.82, 2.24) is 4.90 Å². The molecule has 4 nitrogen and oxygen atoms in total. The van der Waals surface area contributed by atoms with Gasteiger partial charge in [0.2, 0.25) is 0 Å². The minimum Gasteiger partial charge on any atom is -0.508 e. The zero-order valence-electron chi connectivity index (χ0n) is 14.1. The third-order valence-electron chi connectivity index (χ3n) is 4.42. The topological polar surface area (TPSA) is 41.9 Å². The lowest BCUT2D eigenvalue weighted by Gasteiger charge is -2.26. The molecule has 24 heavy (non-hydrogen) atoms. The molecule has 0 amide bonds. The Morgan fingerprint density at radius 2 is 2.00 bits per heavy atom. The molecule has 2 aromatic rings. The maximum Gasteiger partial charge on any atom is 0.120 e. The van der Waals surface area contributed by atoms with Crippen molar-refractivity contribution in [3.05, 3.63) is 59.7 Å². The fraction of sp³-hybridized carbons (Fsp3) is 0.400. The molecule has 0 aliphatic carbocycles. The highest BCUT2D eigenvalue weighted by Crippen LogP contribution is 2.25. The number of nitrogens with zero attached hydrogens (tertiary/aromatic N) is 1. The van der Waals surface area contributed by atoms with E-state index in [1.165, 1.54) is 5.56 Å². The zero-order valence-corrected chi connectivity index (χ0v) is 14.1. The van der Waals surface area contributed by atoms with E-state index in [1.54, 1.807) is 19.2 Å². The Balaban J connectivity index is 1.75. The summed E-state index contributed by atoms with van der Waals surface area (Å²) in [4.78, 5) is 2.33. The van der Waals surface area contributed by atoms with Crippen LogP contribution < -0.4 is 4.74 Å². The van der Waals surface area contributed by atoms with E-state index in [9.17, 15) is 5.11 Å². The Kier molecular flexibility index (Phi) is 5.72. The second-order valence-corrected chi connectivity index (χ2v) is 6.28. The first-order valence-corrected chi connectivity index (χ1v) is 8.48. The first-order chi connectivity index (χ1) is 11.7. The Hall–Kier alpha value is -2.04. The molecule has 0 bridgehead atoms. The molecule has 4 heteroatoms. The van der Waals surface area contributed by atoms with Gasteiger partial charge in [-0.2, -0.15) is 0 Å². The molecular weight excluding hydrogens is 302 g/mol. The number of phenolic OH excluding ortho intramolecular Hbond substituents is 1. The predicted octanol–water partition coefficient (Wildman–Crippen LogP) is 3.58. The van der Waals surface area contributed by atoms with Crippen LogP contribution in [0.4, 0.5) is 0 Å². The monoisotopic (exact) mass is 327 g/mol. The summed E-state index contributed by atoms with van der Waals surface area (Å²) >= 11 is 0. The molecule has 0 aromatic heterocycles. The quantitative estimate of drug-likeness (QED) is 0.844. The van der Waals surface area contributed by atoms with Crippen LogP contribution in [0.15, 0.2) is 48.5 Å². The average molecular weight is 327 g/mol. The van der Waals surface area contributed by atoms with Crippen LogP contribution in [0.25, 0.3) is 0 Å². The van der Waals surface area contributed by atoms with Crippen LogP contribution in [-0.2, 0) is 17.8 Å². The summed E-state index contributed by atoms with van der Waals surface area (Å²) in [5, 5.41) is 10.2. The molecule has 2 aromatic carbocycles. The van der Waals surface area contributed by atoms with E-state index < -0.39 is 0 Å². The summed E-state index contributed by atoms with van der Waals surface area (Å²) in [5.41, 5.74) is 2.14. The second kappa shape index (κ2) is 8.18. The molecular formula is C20H25NO3. The van der Waals surface area contributed by atoms with E-state index in [2.05, 4.69) is 29.2 Å². The Labute approximate surface area is 143 Å². The van der Waals surface area contributed by atoms with Gasteiger partial charge < -0.3 is 14.6 Å². The Bertz CT molecular complexity index is 639. The predicted molar refractivity (Wildman–Crippen MR) is 94.2 cm³/mol. The highest BCUT2D eigenvalue weighted by atomic mass is 16.5. The van der Waals surface area contributed by atoms with Gasteiger partial charge in [0.1, 0.15) is 11.5 Å². The smallest absolute Gasteiger partial charge is 0.120 e. The van der Waals surface area contributed by atoms with Crippen LogP contribution in [-0.4, -0.2) is 36.4 Å². The third-order valence-corrected chi connectivity index (χ3v) is 4.42. The largest absolute Gasteiger partial charge is 0.508 e. The van der Waals surface area contributed by atoms with E-state index >= 15 is 0 Å². The number of rotatable bonds is 7. The molecule has 1 heterocycles. The van der Waals surface area contributed by atoms with E-state index in [-0.39, 0.29) is 6.10 Å². The molecule has 1 atom stereocenters. The summed E-state index contributed by atoms with van der Waals surface area (Å²) in [6.45, 7) is 3.22. The summed E-state index contributed by atoms with van der Waals surface area (Å²) in [7, 11) is 1.64. The lowest BCUT2D eigenvalue weighted by Crippen LogP contribution is -2.31. The molecule has 1 fully saturated rings. The summed E-state index contributed by atoms with van der Waals surface area (Å²) in [6, 6.07) is 15.8. The molecule has 0 spiro atoms. The van der Waals surface area contributed by atoms with Crippen LogP contribution in [0.5, 0.6) is 11.5 Å². The molecule has 128 valence electrons. The number of hydrogen-bond donors (Lipinski definition) is 1. The average Bonchev–Trinajstić information content (AvgIpc) is 3.11. The molecule has 0 radical (unpaired) electrons. The van der Waals surface area contributed by atoms with E-state index in [0.717, 1.165) is 43.9 Å². The normalized spacial score (nSPS) is 17.3. The number of hydrogen-bond acceptors (Lipinski definition) is 4. The Morgan fingerprint density at radius 1 is 1.17 bits per heavy atom. The highest BCUT2D eigenvalue weighted by molar-refractivity contribution is 5.39. The third kappa shape index (κ3) is 4.49. The van der Waals surface area contributed by atoms with Crippen LogP contribution in [0.3, 0.4) is 0 Å². The first-order valence-electron chi connectivity index (χ1n) is 8.48. The van der Waals surface area contributed by atoms with Gasteiger partial charge in [0.05, 0.1) is 13.2 Å². The van der Waals surface area contributed by atoms with Gasteiger partial charge in [-0.05, 0) is 36.6 Å². The van der Waals surface area contributed by atoms with Gasteiger partial charge in [0.25, 0.3) is 0 Å². The Morgan fingerprint density at radius 3 is 2.71 bits per heavy atom. The molecule has 1 saturated heterocycles. The highest BCUT2D eigenvalue weighted by Gasteiger charge is 2.20. The standard InChI is InChI=1S/C20H25NO3/c1-23-18-9-10-20(22)17(12-18)14-21(15-19-8-5-11-24-19)13-16-6-3-2-4-7-16/h2-4,6-7,9-10,12,19,22H,5,8,11,13-15H2,1H3/t19-/m0/s1. The van der Waals surface area contributed by atoms with E-state index in [1.807, 2.05) is 12.1 Å². The zero-order chi connectivity index (χ0) is 16.8. The first kappa shape index (κ1) is 16.8. The number of aromatic hydroxyl groups is 1. The number of methoxy groups -OCH3 is 1. The van der Waals surface area contributed by atoms with Gasteiger partial charge in [-0.15, -0.1) is 0 Å². The van der Waals surface area contributed by atoms with Gasteiger partial charge in [-0.25, -0.2) is 0 Å². The lowest BCUT2D eigenvalue weighted by atomic mass is 10.1. The number of benzene rings is 2. The summed E-state index contributed by atoms with van der Waals surface area (Å²) in [6.07, 6.45) is 2.52. The second-order valence-electron chi connectivity index (χ2n) is 6.28. The van der Waals surface area contributed by atoms with Gasteiger partial charge >= 0.3 is 0 Å². The van der Waals surface area contributed by atoms with Gasteiger partial charge in [-0.1, -0.05) is 30.3 Å². The van der Waals surface area contributed by atoms with Gasteiger partial charge in [0.15, 0.2) is 0 Å². The number of ether oxygens (including phenoxy) is 2. The minimum absolute atomic E-state index is 0.279. The van der Waals surface area contributed by atoms with E-state index in [4.69, 9.17) is 9.47 Å². The van der Waals surface area contributed by atoms with Crippen molar-refractivity contribution in [3.63, 3.8) is 0 Å². The summed E-state index contributed by atoms with van der Waals surface area (Å²) in [5.74, 6) is 1.07. The maximum atomic E-state index is 10.2. The van der Waals surface area contributed by atoms with Crippen LogP contribution in [0, 0.1) is 0 Å². The molecule has 0 unspecified atom stereocenters.